The lowest BCUT2D eigenvalue weighted by Crippen LogP contribution is -2.38. The van der Waals surface area contributed by atoms with Crippen molar-refractivity contribution in [3.8, 4) is 5.75 Å². The van der Waals surface area contributed by atoms with Crippen molar-refractivity contribution in [2.75, 3.05) is 11.5 Å². The lowest BCUT2D eigenvalue weighted by Gasteiger charge is -2.28. The van der Waals surface area contributed by atoms with Crippen LogP contribution in [-0.2, 0) is 34.3 Å². The highest BCUT2D eigenvalue weighted by molar-refractivity contribution is 7.89. The number of hydrogen-bond donors (Lipinski definition) is 1. The number of carbonyl (C=O) groups is 1. The van der Waals surface area contributed by atoms with Crippen molar-refractivity contribution in [2.45, 2.75) is 31.3 Å². The van der Waals surface area contributed by atoms with Gasteiger partial charge < -0.3 is 9.26 Å². The van der Waals surface area contributed by atoms with Gasteiger partial charge in [-0.1, -0.05) is 24.2 Å². The van der Waals surface area contributed by atoms with Crippen LogP contribution in [0.25, 0.3) is 0 Å². The number of aromatic nitrogens is 2. The number of nitrogens with one attached hydrogen (secondary N) is 1. The molecule has 4 rings (SSSR count). The van der Waals surface area contributed by atoms with Crippen molar-refractivity contribution in [2.24, 2.45) is 0 Å². The molecule has 1 aliphatic heterocycles. The van der Waals surface area contributed by atoms with Gasteiger partial charge in [0.1, 0.15) is 11.6 Å². The van der Waals surface area contributed by atoms with Crippen LogP contribution in [0.15, 0.2) is 51.9 Å². The zero-order valence-electron chi connectivity index (χ0n) is 16.5. The molecule has 11 heteroatoms. The molecule has 9 nitrogen and oxygen atoms in total. The van der Waals surface area contributed by atoms with Crippen molar-refractivity contribution in [1.82, 2.24) is 14.9 Å². The number of aryl methyl sites for hydroxylation is 1. The van der Waals surface area contributed by atoms with E-state index < -0.39 is 15.8 Å². The maximum absolute atomic E-state index is 13.0. The van der Waals surface area contributed by atoms with Gasteiger partial charge in [-0.25, -0.2) is 17.5 Å². The summed E-state index contributed by atoms with van der Waals surface area (Å²) in [6.07, 6.45) is 0.558. The highest BCUT2D eigenvalue weighted by Gasteiger charge is 2.29. The number of benzene rings is 2. The van der Waals surface area contributed by atoms with Crippen molar-refractivity contribution in [3.63, 3.8) is 0 Å². The van der Waals surface area contributed by atoms with Gasteiger partial charge in [0.2, 0.25) is 15.9 Å². The summed E-state index contributed by atoms with van der Waals surface area (Å²) in [6.45, 7) is 1.69. The van der Waals surface area contributed by atoms with E-state index in [4.69, 9.17) is 9.26 Å². The van der Waals surface area contributed by atoms with Crippen LogP contribution >= 0.6 is 0 Å². The third-order valence-electron chi connectivity index (χ3n) is 4.68. The fourth-order valence-electron chi connectivity index (χ4n) is 3.03. The van der Waals surface area contributed by atoms with Crippen LogP contribution < -0.4 is 14.4 Å². The van der Waals surface area contributed by atoms with Crippen molar-refractivity contribution in [1.29, 1.82) is 0 Å². The van der Waals surface area contributed by atoms with Gasteiger partial charge in [-0.3, -0.25) is 9.69 Å². The van der Waals surface area contributed by atoms with Crippen LogP contribution in [0.2, 0.25) is 0 Å². The lowest BCUT2D eigenvalue weighted by molar-refractivity contribution is -0.121. The topological polar surface area (TPSA) is 115 Å². The Kier molecular flexibility index (Phi) is 5.70. The van der Waals surface area contributed by atoms with Gasteiger partial charge >= 0.3 is 0 Å². The molecule has 0 saturated heterocycles. The molecule has 2 heterocycles. The monoisotopic (exact) mass is 446 g/mol. The molecule has 1 aliphatic rings. The number of ether oxygens (including phenoxy) is 1. The molecule has 0 spiro atoms. The molecule has 0 fully saturated rings. The molecule has 0 unspecified atom stereocenters. The number of rotatable bonds is 7. The van der Waals surface area contributed by atoms with Gasteiger partial charge in [0, 0.05) is 13.0 Å². The first-order valence-electron chi connectivity index (χ1n) is 9.48. The normalized spacial score (nSPS) is 13.7. The number of amides is 1. The first-order valence-corrected chi connectivity index (χ1v) is 11.0. The molecule has 0 radical (unpaired) electrons. The molecule has 3 aromatic rings. The Bertz CT molecular complexity index is 1210. The molecule has 0 bridgehead atoms. The number of anilines is 1. The van der Waals surface area contributed by atoms with Crippen LogP contribution in [0.4, 0.5) is 10.1 Å². The van der Waals surface area contributed by atoms with Gasteiger partial charge in [0.15, 0.2) is 12.4 Å². The Morgan fingerprint density at radius 1 is 1.19 bits per heavy atom. The molecule has 31 heavy (non-hydrogen) atoms. The molecule has 2 aromatic carbocycles. The van der Waals surface area contributed by atoms with E-state index in [1.807, 2.05) is 6.92 Å². The number of nitrogens with zero attached hydrogens (tertiary/aromatic N) is 3. The summed E-state index contributed by atoms with van der Waals surface area (Å²) >= 11 is 0. The first kappa shape index (κ1) is 20.9. The van der Waals surface area contributed by atoms with Crippen LogP contribution in [0, 0.1) is 5.82 Å². The fraction of sp³-hybridized carbons (Fsp3) is 0.250. The summed E-state index contributed by atoms with van der Waals surface area (Å²) in [4.78, 5) is 18.0. The Morgan fingerprint density at radius 3 is 2.68 bits per heavy atom. The Morgan fingerprint density at radius 2 is 1.97 bits per heavy atom. The largest absolute Gasteiger partial charge is 0.482 e. The summed E-state index contributed by atoms with van der Waals surface area (Å²) in [5, 5.41) is 3.85. The zero-order chi connectivity index (χ0) is 22.0. The maximum atomic E-state index is 13.0. The maximum Gasteiger partial charge on any atom is 0.265 e. The Balaban J connectivity index is 1.58. The molecule has 1 N–H and O–H groups in total. The van der Waals surface area contributed by atoms with Crippen LogP contribution in [0.5, 0.6) is 5.75 Å². The Hall–Kier alpha value is -3.31. The number of fused-ring (bicyclic) bond motifs is 1. The van der Waals surface area contributed by atoms with Crippen molar-refractivity contribution in [3.05, 3.63) is 65.6 Å². The molecule has 0 saturated carbocycles. The van der Waals surface area contributed by atoms with E-state index in [1.165, 1.54) is 47.4 Å². The standard InChI is InChI=1S/C20H19FN4O5S/c1-2-19-23-18(24-30-19)11-25-16-9-15(7-8-17(16)29-12-20(25)26)31(27,28)22-10-13-3-5-14(21)6-4-13/h3-9,22H,2,10-12H2,1H3. The van der Waals surface area contributed by atoms with Gasteiger partial charge in [-0.15, -0.1) is 0 Å². The third kappa shape index (κ3) is 4.57. The number of carbonyl (C=O) groups excluding carboxylic acids is 1. The molecular weight excluding hydrogens is 427 g/mol. The van der Waals surface area contributed by atoms with E-state index in [1.54, 1.807) is 0 Å². The predicted molar refractivity (Wildman–Crippen MR) is 107 cm³/mol. The smallest absolute Gasteiger partial charge is 0.265 e. The summed E-state index contributed by atoms with van der Waals surface area (Å²) in [7, 11) is -3.90. The minimum absolute atomic E-state index is 0.0124. The average molecular weight is 446 g/mol. The van der Waals surface area contributed by atoms with Crippen LogP contribution in [0.1, 0.15) is 24.2 Å². The SMILES string of the molecule is CCc1nc(CN2C(=O)COc3ccc(S(=O)(=O)NCc4ccc(F)cc4)cc32)no1. The molecule has 1 aromatic heterocycles. The summed E-state index contributed by atoms with van der Waals surface area (Å²) < 4.78 is 51.6. The van der Waals surface area contributed by atoms with Gasteiger partial charge in [-0.05, 0) is 35.9 Å². The molecule has 0 aliphatic carbocycles. The van der Waals surface area contributed by atoms with E-state index in [9.17, 15) is 17.6 Å². The zero-order valence-corrected chi connectivity index (χ0v) is 17.4. The first-order chi connectivity index (χ1) is 14.9. The van der Waals surface area contributed by atoms with Gasteiger partial charge in [-0.2, -0.15) is 4.98 Å². The van der Waals surface area contributed by atoms with Crippen LogP contribution in [0.3, 0.4) is 0 Å². The number of halogens is 1. The van der Waals surface area contributed by atoms with E-state index in [0.717, 1.165) is 0 Å². The average Bonchev–Trinajstić information content (AvgIpc) is 3.23. The second-order valence-corrected chi connectivity index (χ2v) is 8.57. The highest BCUT2D eigenvalue weighted by Crippen LogP contribution is 2.35. The van der Waals surface area contributed by atoms with Crippen LogP contribution in [-0.4, -0.2) is 31.1 Å². The second-order valence-electron chi connectivity index (χ2n) is 6.81. The second kappa shape index (κ2) is 8.44. The number of sulfonamides is 1. The summed E-state index contributed by atoms with van der Waals surface area (Å²) in [5.41, 5.74) is 0.899. The molecular formula is C20H19FN4O5S. The molecule has 162 valence electrons. The molecule has 0 atom stereocenters. The molecule has 1 amide bonds. The predicted octanol–water partition coefficient (Wildman–Crippen LogP) is 2.18. The van der Waals surface area contributed by atoms with Gasteiger partial charge in [0.25, 0.3) is 5.91 Å². The minimum Gasteiger partial charge on any atom is -0.482 e. The number of hydrogen-bond acceptors (Lipinski definition) is 7. The Labute approximate surface area is 177 Å². The van der Waals surface area contributed by atoms with E-state index in [0.29, 0.717) is 35.1 Å². The van der Waals surface area contributed by atoms with Crippen molar-refractivity contribution < 1.29 is 26.9 Å². The summed E-state index contributed by atoms with van der Waals surface area (Å²) in [6, 6.07) is 9.75. The quantitative estimate of drug-likeness (QED) is 0.592. The van der Waals surface area contributed by atoms with Gasteiger partial charge in [0.05, 0.1) is 17.1 Å². The summed E-state index contributed by atoms with van der Waals surface area (Å²) in [5.74, 6) is 0.358. The van der Waals surface area contributed by atoms with Crippen molar-refractivity contribution >= 4 is 21.6 Å². The third-order valence-corrected chi connectivity index (χ3v) is 6.07. The van der Waals surface area contributed by atoms with E-state index in [2.05, 4.69) is 14.9 Å². The fourth-order valence-corrected chi connectivity index (χ4v) is 4.06. The minimum atomic E-state index is -3.90. The van der Waals surface area contributed by atoms with E-state index >= 15 is 0 Å². The highest BCUT2D eigenvalue weighted by atomic mass is 32.2. The lowest BCUT2D eigenvalue weighted by atomic mass is 10.2. The van der Waals surface area contributed by atoms with E-state index in [-0.39, 0.29) is 30.5 Å².